The molecular weight excluding hydrogens is 439 g/mol. The fourth-order valence-corrected chi connectivity index (χ4v) is 3.68. The largest absolute Gasteiger partial charge is 0.352 e. The summed E-state index contributed by atoms with van der Waals surface area (Å²) in [5, 5.41) is -0.0239. The van der Waals surface area contributed by atoms with Gasteiger partial charge >= 0.3 is 0 Å². The van der Waals surface area contributed by atoms with Gasteiger partial charge in [-0.15, -0.1) is 0 Å². The highest BCUT2D eigenvalue weighted by atomic mass is 19.2. The Balaban J connectivity index is 1.49. The Hall–Kier alpha value is -2.95. The third-order valence-electron chi connectivity index (χ3n) is 5.69. The molecule has 3 aromatic rings. The number of fused-ring (bicyclic) bond motifs is 1. The van der Waals surface area contributed by atoms with Gasteiger partial charge in [0.05, 0.1) is 18.8 Å². The average Bonchev–Trinajstić information content (AvgIpc) is 2.81. The maximum atomic E-state index is 14.5. The van der Waals surface area contributed by atoms with Crippen LogP contribution in [-0.2, 0) is 15.9 Å². The van der Waals surface area contributed by atoms with Gasteiger partial charge in [0.15, 0.2) is 23.7 Å². The zero-order chi connectivity index (χ0) is 23.5. The number of ether oxygens (including phenoxy) is 2. The van der Waals surface area contributed by atoms with Crippen molar-refractivity contribution >= 4 is 10.8 Å². The molecule has 0 bridgehead atoms. The van der Waals surface area contributed by atoms with E-state index in [0.29, 0.717) is 37.5 Å². The summed E-state index contributed by atoms with van der Waals surface area (Å²) >= 11 is 0. The van der Waals surface area contributed by atoms with Crippen LogP contribution in [-0.4, -0.2) is 19.5 Å². The van der Waals surface area contributed by atoms with Crippen molar-refractivity contribution in [2.45, 2.75) is 32.5 Å². The minimum atomic E-state index is -1.56. The highest BCUT2D eigenvalue weighted by Crippen LogP contribution is 2.24. The lowest BCUT2D eigenvalue weighted by molar-refractivity contribution is -0.202. The highest BCUT2D eigenvalue weighted by molar-refractivity contribution is 5.84. The Labute approximate surface area is 188 Å². The fraction of sp³-hybridized carbons (Fsp3) is 0.308. The van der Waals surface area contributed by atoms with E-state index < -0.39 is 40.9 Å². The summed E-state index contributed by atoms with van der Waals surface area (Å²) in [6.07, 6.45) is 1.43. The zero-order valence-corrected chi connectivity index (χ0v) is 17.9. The first-order chi connectivity index (χ1) is 15.9. The van der Waals surface area contributed by atoms with Crippen molar-refractivity contribution in [1.29, 1.82) is 0 Å². The van der Waals surface area contributed by atoms with Crippen LogP contribution in [0.4, 0.5) is 22.0 Å². The Morgan fingerprint density at radius 2 is 1.55 bits per heavy atom. The molecule has 0 saturated carbocycles. The molecule has 1 aliphatic rings. The van der Waals surface area contributed by atoms with Crippen molar-refractivity contribution in [1.82, 2.24) is 0 Å². The third kappa shape index (κ3) is 5.18. The summed E-state index contributed by atoms with van der Waals surface area (Å²) < 4.78 is 81.0. The highest BCUT2D eigenvalue weighted by Gasteiger charge is 2.21. The molecule has 0 unspecified atom stereocenters. The normalized spacial score (nSPS) is 18.2. The zero-order valence-electron chi connectivity index (χ0n) is 17.9. The molecule has 7 heteroatoms. The van der Waals surface area contributed by atoms with Crippen LogP contribution in [0.5, 0.6) is 0 Å². The lowest BCUT2D eigenvalue weighted by Crippen LogP contribution is -2.32. The summed E-state index contributed by atoms with van der Waals surface area (Å²) in [5.74, 6) is -0.407. The third-order valence-corrected chi connectivity index (χ3v) is 5.69. The van der Waals surface area contributed by atoms with Gasteiger partial charge in [-0.2, -0.15) is 0 Å². The van der Waals surface area contributed by atoms with Gasteiger partial charge in [-0.3, -0.25) is 0 Å². The maximum Gasteiger partial charge on any atom is 0.195 e. The quantitative estimate of drug-likeness (QED) is 0.260. The molecule has 3 aromatic carbocycles. The van der Waals surface area contributed by atoms with E-state index in [9.17, 15) is 22.0 Å². The van der Waals surface area contributed by atoms with Crippen LogP contribution in [0.15, 0.2) is 36.4 Å². The summed E-state index contributed by atoms with van der Waals surface area (Å²) in [6.45, 7) is 3.29. The van der Waals surface area contributed by atoms with Gasteiger partial charge in [-0.05, 0) is 54.1 Å². The number of rotatable bonds is 4. The second kappa shape index (κ2) is 9.90. The number of halogens is 5. The van der Waals surface area contributed by atoms with Crippen molar-refractivity contribution in [2.24, 2.45) is 5.92 Å². The van der Waals surface area contributed by atoms with Crippen LogP contribution in [0, 0.1) is 46.8 Å². The molecule has 1 fully saturated rings. The number of benzene rings is 3. The van der Waals surface area contributed by atoms with Gasteiger partial charge in [0.1, 0.15) is 11.6 Å². The smallest absolute Gasteiger partial charge is 0.195 e. The van der Waals surface area contributed by atoms with Gasteiger partial charge < -0.3 is 9.47 Å². The van der Waals surface area contributed by atoms with Gasteiger partial charge in [0, 0.05) is 23.3 Å². The first kappa shape index (κ1) is 23.2. The van der Waals surface area contributed by atoms with E-state index in [-0.39, 0.29) is 16.3 Å². The Bertz CT molecular complexity index is 1210. The Kier molecular flexibility index (Phi) is 6.96. The first-order valence-electron chi connectivity index (χ1n) is 10.7. The summed E-state index contributed by atoms with van der Waals surface area (Å²) in [4.78, 5) is 0. The molecule has 4 rings (SSSR count). The van der Waals surface area contributed by atoms with Crippen molar-refractivity contribution in [3.63, 3.8) is 0 Å². The van der Waals surface area contributed by atoms with E-state index in [4.69, 9.17) is 9.47 Å². The summed E-state index contributed by atoms with van der Waals surface area (Å²) in [5.41, 5.74) is 0.318. The SMILES string of the molecule is CCC1COC(CCc2cc(F)c(C#Cc3ccc4c(F)c(F)c(F)cc4c3)c(F)c2)OC1. The van der Waals surface area contributed by atoms with E-state index in [1.54, 1.807) is 0 Å². The molecule has 1 saturated heterocycles. The summed E-state index contributed by atoms with van der Waals surface area (Å²) in [6, 6.07) is 7.22. The monoisotopic (exact) mass is 460 g/mol. The Morgan fingerprint density at radius 1 is 0.848 bits per heavy atom. The van der Waals surface area contributed by atoms with E-state index >= 15 is 0 Å². The molecule has 0 aliphatic carbocycles. The number of hydrogen-bond acceptors (Lipinski definition) is 2. The predicted octanol–water partition coefficient (Wildman–Crippen LogP) is 6.27. The predicted molar refractivity (Wildman–Crippen MR) is 114 cm³/mol. The fourth-order valence-electron chi connectivity index (χ4n) is 3.68. The summed E-state index contributed by atoms with van der Waals surface area (Å²) in [7, 11) is 0. The molecule has 33 heavy (non-hydrogen) atoms. The molecule has 0 atom stereocenters. The van der Waals surface area contributed by atoms with Crippen molar-refractivity contribution < 1.29 is 31.4 Å². The van der Waals surface area contributed by atoms with E-state index in [0.717, 1.165) is 12.5 Å². The van der Waals surface area contributed by atoms with Crippen molar-refractivity contribution in [3.05, 3.63) is 82.2 Å². The molecular formula is C26H21F5O2. The lowest BCUT2D eigenvalue weighted by Gasteiger charge is -2.28. The van der Waals surface area contributed by atoms with Crippen molar-refractivity contribution in [3.8, 4) is 11.8 Å². The lowest BCUT2D eigenvalue weighted by atomic mass is 10.0. The molecule has 0 amide bonds. The molecule has 0 radical (unpaired) electrons. The molecule has 2 nitrogen and oxygen atoms in total. The molecule has 1 aliphatic heterocycles. The molecule has 0 spiro atoms. The molecule has 172 valence electrons. The van der Waals surface area contributed by atoms with Gasteiger partial charge in [-0.25, -0.2) is 22.0 Å². The number of hydrogen-bond donors (Lipinski definition) is 0. The molecule has 1 heterocycles. The molecule has 0 N–H and O–H groups in total. The van der Waals surface area contributed by atoms with Crippen LogP contribution < -0.4 is 0 Å². The van der Waals surface area contributed by atoms with E-state index in [1.807, 2.05) is 0 Å². The van der Waals surface area contributed by atoms with Crippen LogP contribution in [0.3, 0.4) is 0 Å². The maximum absolute atomic E-state index is 14.5. The average molecular weight is 460 g/mol. The van der Waals surface area contributed by atoms with Crippen LogP contribution in [0.2, 0.25) is 0 Å². The van der Waals surface area contributed by atoms with E-state index in [2.05, 4.69) is 18.8 Å². The standard InChI is InChI=1S/C26H21F5O2/c1-2-15-13-32-24(33-14-15)8-5-17-10-21(27)20(22(28)11-17)7-4-16-3-6-19-18(9-16)12-23(29)26(31)25(19)30/h3,6,9-12,15,24H,2,5,8,13-14H2,1H3. The van der Waals surface area contributed by atoms with Gasteiger partial charge in [0.25, 0.3) is 0 Å². The number of aryl methyl sites for hydroxylation is 1. The first-order valence-corrected chi connectivity index (χ1v) is 10.7. The Morgan fingerprint density at radius 3 is 2.21 bits per heavy atom. The van der Waals surface area contributed by atoms with Crippen LogP contribution in [0.25, 0.3) is 10.8 Å². The topological polar surface area (TPSA) is 18.5 Å². The molecule has 0 aromatic heterocycles. The van der Waals surface area contributed by atoms with Crippen LogP contribution in [0.1, 0.15) is 36.5 Å². The van der Waals surface area contributed by atoms with E-state index in [1.165, 1.54) is 30.3 Å². The minimum Gasteiger partial charge on any atom is -0.352 e. The van der Waals surface area contributed by atoms with Gasteiger partial charge in [-0.1, -0.05) is 24.8 Å². The van der Waals surface area contributed by atoms with Gasteiger partial charge in [0.2, 0.25) is 0 Å². The second-order valence-electron chi connectivity index (χ2n) is 8.02. The van der Waals surface area contributed by atoms with Crippen molar-refractivity contribution in [2.75, 3.05) is 13.2 Å². The minimum absolute atomic E-state index is 0.0897. The second-order valence-corrected chi connectivity index (χ2v) is 8.02. The van der Waals surface area contributed by atoms with Crippen LogP contribution >= 0.6 is 0 Å².